The molecule has 1 atom stereocenters. The van der Waals surface area contributed by atoms with E-state index in [0.717, 1.165) is 11.1 Å². The highest BCUT2D eigenvalue weighted by Gasteiger charge is 2.23. The number of benzene rings is 2. The third kappa shape index (κ3) is 5.06. The Morgan fingerprint density at radius 3 is 2.50 bits per heavy atom. The van der Waals surface area contributed by atoms with E-state index in [1.807, 2.05) is 6.92 Å². The summed E-state index contributed by atoms with van der Waals surface area (Å²) in [5.41, 5.74) is 1.67. The van der Waals surface area contributed by atoms with Gasteiger partial charge in [0.05, 0.1) is 4.90 Å². The van der Waals surface area contributed by atoms with E-state index < -0.39 is 22.0 Å². The van der Waals surface area contributed by atoms with Crippen LogP contribution in [0.4, 0.5) is 0 Å². The molecule has 2 aromatic carbocycles. The molecule has 5 nitrogen and oxygen atoms in total. The molecule has 0 saturated carbocycles. The van der Waals surface area contributed by atoms with Gasteiger partial charge in [0.1, 0.15) is 12.6 Å². The van der Waals surface area contributed by atoms with Crippen LogP contribution in [0.15, 0.2) is 53.4 Å². The Labute approximate surface area is 146 Å². The SMILES string of the molecule is Cc1ccc(S(=O)(=O)N[C@@H](C)C(=O)OCc2cccc(Cl)c2)cc1. The van der Waals surface area contributed by atoms with Gasteiger partial charge in [-0.1, -0.05) is 41.4 Å². The molecule has 0 amide bonds. The van der Waals surface area contributed by atoms with Gasteiger partial charge in [0, 0.05) is 5.02 Å². The van der Waals surface area contributed by atoms with Crippen molar-refractivity contribution in [3.05, 3.63) is 64.7 Å². The second kappa shape index (κ2) is 7.79. The number of carbonyl (C=O) groups is 1. The van der Waals surface area contributed by atoms with Gasteiger partial charge in [-0.15, -0.1) is 0 Å². The summed E-state index contributed by atoms with van der Waals surface area (Å²) in [5, 5.41) is 0.539. The maximum Gasteiger partial charge on any atom is 0.324 e. The van der Waals surface area contributed by atoms with Crippen LogP contribution >= 0.6 is 11.6 Å². The number of ether oxygens (including phenoxy) is 1. The first-order chi connectivity index (χ1) is 11.3. The molecule has 0 fully saturated rings. The molecule has 1 N–H and O–H groups in total. The Morgan fingerprint density at radius 1 is 1.21 bits per heavy atom. The van der Waals surface area contributed by atoms with Crippen molar-refractivity contribution < 1.29 is 17.9 Å². The molecule has 0 spiro atoms. The first kappa shape index (κ1) is 18.4. The Hall–Kier alpha value is -1.89. The van der Waals surface area contributed by atoms with Crippen molar-refractivity contribution in [1.82, 2.24) is 4.72 Å². The number of hydrogen-bond acceptors (Lipinski definition) is 4. The smallest absolute Gasteiger partial charge is 0.324 e. The van der Waals surface area contributed by atoms with Crippen LogP contribution in [0.1, 0.15) is 18.1 Å². The van der Waals surface area contributed by atoms with Crippen molar-refractivity contribution >= 4 is 27.6 Å². The van der Waals surface area contributed by atoms with E-state index in [9.17, 15) is 13.2 Å². The third-order valence-electron chi connectivity index (χ3n) is 3.29. The van der Waals surface area contributed by atoms with Crippen molar-refractivity contribution in [3.63, 3.8) is 0 Å². The van der Waals surface area contributed by atoms with Gasteiger partial charge in [0.15, 0.2) is 0 Å². The van der Waals surface area contributed by atoms with E-state index in [4.69, 9.17) is 16.3 Å². The number of hydrogen-bond donors (Lipinski definition) is 1. The zero-order valence-electron chi connectivity index (χ0n) is 13.3. The summed E-state index contributed by atoms with van der Waals surface area (Å²) in [6.45, 7) is 3.32. The second-order valence-electron chi connectivity index (χ2n) is 5.39. The van der Waals surface area contributed by atoms with Crippen LogP contribution in [-0.2, 0) is 26.2 Å². The van der Waals surface area contributed by atoms with Gasteiger partial charge in [-0.05, 0) is 43.7 Å². The van der Waals surface area contributed by atoms with Crippen LogP contribution in [0.25, 0.3) is 0 Å². The largest absolute Gasteiger partial charge is 0.460 e. The van der Waals surface area contributed by atoms with Crippen molar-refractivity contribution in [1.29, 1.82) is 0 Å². The molecule has 128 valence electrons. The summed E-state index contributed by atoms with van der Waals surface area (Å²) in [5.74, 6) is -0.661. The topological polar surface area (TPSA) is 72.5 Å². The minimum atomic E-state index is -3.78. The molecule has 0 bridgehead atoms. The maximum absolute atomic E-state index is 12.2. The van der Waals surface area contributed by atoms with E-state index in [1.54, 1.807) is 36.4 Å². The quantitative estimate of drug-likeness (QED) is 0.796. The zero-order chi connectivity index (χ0) is 17.7. The molecular formula is C17H18ClNO4S. The lowest BCUT2D eigenvalue weighted by Gasteiger charge is -2.14. The van der Waals surface area contributed by atoms with Crippen LogP contribution in [0.3, 0.4) is 0 Å². The second-order valence-corrected chi connectivity index (χ2v) is 7.54. The van der Waals surface area contributed by atoms with Crippen molar-refractivity contribution in [2.75, 3.05) is 0 Å². The van der Waals surface area contributed by atoms with E-state index >= 15 is 0 Å². The van der Waals surface area contributed by atoms with Crippen LogP contribution < -0.4 is 4.72 Å². The molecule has 0 aliphatic carbocycles. The van der Waals surface area contributed by atoms with Gasteiger partial charge in [-0.2, -0.15) is 4.72 Å². The molecule has 0 aromatic heterocycles. The van der Waals surface area contributed by atoms with Crippen molar-refractivity contribution in [2.24, 2.45) is 0 Å². The van der Waals surface area contributed by atoms with E-state index in [2.05, 4.69) is 4.72 Å². The molecule has 0 saturated heterocycles. The fourth-order valence-electron chi connectivity index (χ4n) is 1.97. The lowest BCUT2D eigenvalue weighted by Crippen LogP contribution is -2.39. The summed E-state index contributed by atoms with van der Waals surface area (Å²) < 4.78 is 31.9. The third-order valence-corrected chi connectivity index (χ3v) is 5.08. The first-order valence-corrected chi connectivity index (χ1v) is 9.14. The summed E-state index contributed by atoms with van der Waals surface area (Å²) >= 11 is 5.86. The molecule has 7 heteroatoms. The Morgan fingerprint density at radius 2 is 1.88 bits per heavy atom. The molecule has 0 unspecified atom stereocenters. The van der Waals surface area contributed by atoms with E-state index in [0.29, 0.717) is 5.02 Å². The lowest BCUT2D eigenvalue weighted by atomic mass is 10.2. The van der Waals surface area contributed by atoms with Crippen molar-refractivity contribution in [3.8, 4) is 0 Å². The fourth-order valence-corrected chi connectivity index (χ4v) is 3.38. The van der Waals surface area contributed by atoms with Crippen LogP contribution in [0.2, 0.25) is 5.02 Å². The number of esters is 1. The average Bonchev–Trinajstić information content (AvgIpc) is 2.52. The molecule has 2 aromatic rings. The summed E-state index contributed by atoms with van der Waals surface area (Å²) in [6.07, 6.45) is 0. The molecule has 0 aliphatic rings. The Kier molecular flexibility index (Phi) is 5.99. The standard InChI is InChI=1S/C17H18ClNO4S/c1-12-6-8-16(9-7-12)24(21,22)19-13(2)17(20)23-11-14-4-3-5-15(18)10-14/h3-10,13,19H,11H2,1-2H3/t13-/m0/s1. The lowest BCUT2D eigenvalue weighted by molar-refractivity contribution is -0.146. The Balaban J connectivity index is 1.96. The zero-order valence-corrected chi connectivity index (χ0v) is 14.9. The van der Waals surface area contributed by atoms with Crippen LogP contribution in [0, 0.1) is 6.92 Å². The summed E-state index contributed by atoms with van der Waals surface area (Å²) in [7, 11) is -3.78. The monoisotopic (exact) mass is 367 g/mol. The molecule has 0 radical (unpaired) electrons. The Bertz CT molecular complexity index is 819. The molecule has 0 aliphatic heterocycles. The minimum Gasteiger partial charge on any atom is -0.460 e. The molecule has 24 heavy (non-hydrogen) atoms. The number of sulfonamides is 1. The predicted molar refractivity (Wildman–Crippen MR) is 92.2 cm³/mol. The number of carbonyl (C=O) groups excluding carboxylic acids is 1. The van der Waals surface area contributed by atoms with Gasteiger partial charge < -0.3 is 4.74 Å². The van der Waals surface area contributed by atoms with Gasteiger partial charge in [0.25, 0.3) is 0 Å². The van der Waals surface area contributed by atoms with Crippen LogP contribution in [-0.4, -0.2) is 20.4 Å². The first-order valence-electron chi connectivity index (χ1n) is 7.28. The summed E-state index contributed by atoms with van der Waals surface area (Å²) in [4.78, 5) is 12.1. The van der Waals surface area contributed by atoms with Gasteiger partial charge in [-0.25, -0.2) is 8.42 Å². The number of rotatable bonds is 6. The molecule has 0 heterocycles. The van der Waals surface area contributed by atoms with Crippen molar-refractivity contribution in [2.45, 2.75) is 31.4 Å². The number of nitrogens with one attached hydrogen (secondary N) is 1. The molecule has 2 rings (SSSR count). The number of halogens is 1. The van der Waals surface area contributed by atoms with E-state index in [1.165, 1.54) is 19.1 Å². The normalized spacial score (nSPS) is 12.6. The average molecular weight is 368 g/mol. The summed E-state index contributed by atoms with van der Waals surface area (Å²) in [6, 6.07) is 12.3. The van der Waals surface area contributed by atoms with E-state index in [-0.39, 0.29) is 11.5 Å². The minimum absolute atomic E-state index is 0.0238. The van der Waals surface area contributed by atoms with Gasteiger partial charge >= 0.3 is 5.97 Å². The van der Waals surface area contributed by atoms with Crippen LogP contribution in [0.5, 0.6) is 0 Å². The van der Waals surface area contributed by atoms with Gasteiger partial charge in [-0.3, -0.25) is 4.79 Å². The highest BCUT2D eigenvalue weighted by atomic mass is 35.5. The molecular weight excluding hydrogens is 350 g/mol. The van der Waals surface area contributed by atoms with Gasteiger partial charge in [0.2, 0.25) is 10.0 Å². The highest BCUT2D eigenvalue weighted by molar-refractivity contribution is 7.89. The highest BCUT2D eigenvalue weighted by Crippen LogP contribution is 2.13. The predicted octanol–water partition coefficient (Wildman–Crippen LogP) is 3.06. The fraction of sp³-hybridized carbons (Fsp3) is 0.235. The number of aryl methyl sites for hydroxylation is 1. The maximum atomic E-state index is 12.2.